The van der Waals surface area contributed by atoms with E-state index in [9.17, 15) is 18.0 Å². The molecule has 0 radical (unpaired) electrons. The zero-order valence-corrected chi connectivity index (χ0v) is 20.0. The van der Waals surface area contributed by atoms with Crippen LogP contribution in [0, 0.1) is 19.8 Å². The Labute approximate surface area is 195 Å². The molecular formula is C24H30N4O4S. The summed E-state index contributed by atoms with van der Waals surface area (Å²) in [7, 11) is -3.69. The van der Waals surface area contributed by atoms with E-state index in [1.54, 1.807) is 42.2 Å². The van der Waals surface area contributed by atoms with E-state index in [2.05, 4.69) is 17.6 Å². The summed E-state index contributed by atoms with van der Waals surface area (Å²) in [5.41, 5.74) is 2.91. The van der Waals surface area contributed by atoms with Crippen LogP contribution in [-0.2, 0) is 10.0 Å². The Balaban J connectivity index is 1.59. The maximum atomic E-state index is 13.4. The van der Waals surface area contributed by atoms with Crippen LogP contribution in [0.1, 0.15) is 41.3 Å². The molecule has 2 N–H and O–H groups in total. The highest BCUT2D eigenvalue weighted by molar-refractivity contribution is 7.89. The number of sulfonamides is 1. The fourth-order valence-corrected chi connectivity index (χ4v) is 6.06. The highest BCUT2D eigenvalue weighted by Crippen LogP contribution is 2.28. The number of nitrogens with zero attached hydrogens (tertiary/aromatic N) is 2. The van der Waals surface area contributed by atoms with Crippen LogP contribution < -0.4 is 15.5 Å². The van der Waals surface area contributed by atoms with Gasteiger partial charge in [0.15, 0.2) is 0 Å². The number of carbonyl (C=O) groups is 2. The summed E-state index contributed by atoms with van der Waals surface area (Å²) in [6, 6.07) is 10.1. The number of benzene rings is 2. The van der Waals surface area contributed by atoms with Crippen LogP contribution in [0.3, 0.4) is 0 Å². The van der Waals surface area contributed by atoms with Gasteiger partial charge >= 0.3 is 6.03 Å². The standard InChI is InChI=1S/C24H30N4O4S/c1-16-7-10-27(11-8-16)33(31,32)22-14-19(13-17(2)18(22)3)23(29)26-20-5-4-6-21(15-20)28-12-9-25-24(28)30/h4-6,13-16H,7-12H2,1-3H3,(H,25,30)(H,26,29). The maximum Gasteiger partial charge on any atom is 0.321 e. The third-order valence-corrected chi connectivity index (χ3v) is 8.54. The molecule has 2 fully saturated rings. The molecule has 8 nitrogen and oxygen atoms in total. The van der Waals surface area contributed by atoms with Crippen LogP contribution in [0.2, 0.25) is 0 Å². The van der Waals surface area contributed by atoms with Crippen LogP contribution in [0.4, 0.5) is 16.2 Å². The average molecular weight is 471 g/mol. The molecule has 2 aromatic carbocycles. The molecule has 2 aromatic rings. The van der Waals surface area contributed by atoms with Gasteiger partial charge in [-0.2, -0.15) is 4.31 Å². The molecular weight excluding hydrogens is 440 g/mol. The average Bonchev–Trinajstić information content (AvgIpc) is 3.21. The van der Waals surface area contributed by atoms with Crippen molar-refractivity contribution in [3.63, 3.8) is 0 Å². The Kier molecular flexibility index (Phi) is 6.45. The van der Waals surface area contributed by atoms with Crippen LogP contribution in [-0.4, -0.2) is 50.8 Å². The Morgan fingerprint density at radius 1 is 1.09 bits per heavy atom. The van der Waals surface area contributed by atoms with Crippen molar-refractivity contribution >= 4 is 33.3 Å². The molecule has 176 valence electrons. The predicted molar refractivity (Wildman–Crippen MR) is 128 cm³/mol. The molecule has 4 rings (SSSR count). The van der Waals surface area contributed by atoms with E-state index in [0.717, 1.165) is 18.4 Å². The van der Waals surface area contributed by atoms with Crippen molar-refractivity contribution in [3.05, 3.63) is 53.1 Å². The van der Waals surface area contributed by atoms with Gasteiger partial charge in [0.05, 0.1) is 4.90 Å². The smallest absolute Gasteiger partial charge is 0.321 e. The number of nitrogens with one attached hydrogen (secondary N) is 2. The zero-order valence-electron chi connectivity index (χ0n) is 19.2. The first-order valence-corrected chi connectivity index (χ1v) is 12.7. The molecule has 0 saturated carbocycles. The first-order chi connectivity index (χ1) is 15.7. The van der Waals surface area contributed by atoms with E-state index in [1.807, 2.05) is 6.92 Å². The second-order valence-electron chi connectivity index (χ2n) is 8.89. The van der Waals surface area contributed by atoms with E-state index < -0.39 is 15.9 Å². The fourth-order valence-electron chi connectivity index (χ4n) is 4.26. The first kappa shape index (κ1) is 23.3. The van der Waals surface area contributed by atoms with Gasteiger partial charge in [0.2, 0.25) is 10.0 Å². The van der Waals surface area contributed by atoms with Crippen molar-refractivity contribution in [3.8, 4) is 0 Å². The van der Waals surface area contributed by atoms with E-state index >= 15 is 0 Å². The number of piperidine rings is 1. The lowest BCUT2D eigenvalue weighted by atomic mass is 10.0. The van der Waals surface area contributed by atoms with E-state index in [-0.39, 0.29) is 16.5 Å². The summed E-state index contributed by atoms with van der Waals surface area (Å²) in [6.07, 6.45) is 1.67. The van der Waals surface area contributed by atoms with E-state index in [1.165, 1.54) is 10.4 Å². The number of hydrogen-bond acceptors (Lipinski definition) is 4. The summed E-state index contributed by atoms with van der Waals surface area (Å²) in [5.74, 6) is 0.114. The van der Waals surface area contributed by atoms with Crippen molar-refractivity contribution < 1.29 is 18.0 Å². The van der Waals surface area contributed by atoms with Gasteiger partial charge in [-0.3, -0.25) is 9.69 Å². The van der Waals surface area contributed by atoms with Crippen molar-refractivity contribution in [2.75, 3.05) is 36.4 Å². The molecule has 3 amide bonds. The van der Waals surface area contributed by atoms with Crippen LogP contribution in [0.25, 0.3) is 0 Å². The summed E-state index contributed by atoms with van der Waals surface area (Å²) < 4.78 is 28.3. The molecule has 9 heteroatoms. The number of anilines is 2. The molecule has 0 atom stereocenters. The molecule has 2 heterocycles. The van der Waals surface area contributed by atoms with Crippen molar-refractivity contribution in [1.82, 2.24) is 9.62 Å². The third kappa shape index (κ3) is 4.74. The minimum atomic E-state index is -3.69. The van der Waals surface area contributed by atoms with Gasteiger partial charge in [-0.25, -0.2) is 13.2 Å². The van der Waals surface area contributed by atoms with Gasteiger partial charge in [-0.05, 0) is 74.1 Å². The number of amides is 3. The van der Waals surface area contributed by atoms with Crippen molar-refractivity contribution in [2.24, 2.45) is 5.92 Å². The molecule has 0 aliphatic carbocycles. The van der Waals surface area contributed by atoms with Crippen LogP contribution in [0.5, 0.6) is 0 Å². The summed E-state index contributed by atoms with van der Waals surface area (Å²) in [6.45, 7) is 7.85. The van der Waals surface area contributed by atoms with Crippen LogP contribution >= 0.6 is 0 Å². The topological polar surface area (TPSA) is 98.8 Å². The third-order valence-electron chi connectivity index (χ3n) is 6.51. The van der Waals surface area contributed by atoms with Gasteiger partial charge in [0.1, 0.15) is 0 Å². The van der Waals surface area contributed by atoms with Crippen LogP contribution in [0.15, 0.2) is 41.3 Å². The predicted octanol–water partition coefficient (Wildman–Crippen LogP) is 3.51. The Bertz CT molecular complexity index is 1190. The van der Waals surface area contributed by atoms with Gasteiger partial charge in [-0.1, -0.05) is 13.0 Å². The van der Waals surface area contributed by atoms with Gasteiger partial charge in [0, 0.05) is 43.1 Å². The monoisotopic (exact) mass is 470 g/mol. The molecule has 0 bridgehead atoms. The number of urea groups is 1. The maximum absolute atomic E-state index is 13.4. The Morgan fingerprint density at radius 2 is 1.82 bits per heavy atom. The van der Waals surface area contributed by atoms with Crippen molar-refractivity contribution in [1.29, 1.82) is 0 Å². The fraction of sp³-hybridized carbons (Fsp3) is 0.417. The Hall–Kier alpha value is -2.91. The molecule has 2 aliphatic rings. The molecule has 33 heavy (non-hydrogen) atoms. The molecule has 2 aliphatic heterocycles. The van der Waals surface area contributed by atoms with E-state index in [0.29, 0.717) is 49.0 Å². The summed E-state index contributed by atoms with van der Waals surface area (Å²) in [5, 5.41) is 5.60. The van der Waals surface area contributed by atoms with Crippen molar-refractivity contribution in [2.45, 2.75) is 38.5 Å². The lowest BCUT2D eigenvalue weighted by Crippen LogP contribution is -2.38. The number of aryl methyl sites for hydroxylation is 1. The summed E-state index contributed by atoms with van der Waals surface area (Å²) >= 11 is 0. The second-order valence-corrected chi connectivity index (χ2v) is 10.8. The number of rotatable bonds is 5. The quantitative estimate of drug-likeness (QED) is 0.699. The van der Waals surface area contributed by atoms with Gasteiger partial charge < -0.3 is 10.6 Å². The molecule has 0 unspecified atom stereocenters. The highest BCUT2D eigenvalue weighted by atomic mass is 32.2. The molecule has 0 spiro atoms. The highest BCUT2D eigenvalue weighted by Gasteiger charge is 2.30. The first-order valence-electron chi connectivity index (χ1n) is 11.2. The SMILES string of the molecule is Cc1cc(C(=O)Nc2cccc(N3CCNC3=O)c2)cc(S(=O)(=O)N2CCC(C)CC2)c1C. The minimum absolute atomic E-state index is 0.172. The molecule has 2 saturated heterocycles. The lowest BCUT2D eigenvalue weighted by molar-refractivity contribution is 0.102. The zero-order chi connectivity index (χ0) is 23.8. The van der Waals surface area contributed by atoms with Gasteiger partial charge in [0.25, 0.3) is 5.91 Å². The number of carbonyl (C=O) groups excluding carboxylic acids is 2. The second kappa shape index (κ2) is 9.15. The molecule has 0 aromatic heterocycles. The minimum Gasteiger partial charge on any atom is -0.336 e. The normalized spacial score (nSPS) is 17.8. The Morgan fingerprint density at radius 3 is 2.48 bits per heavy atom. The number of hydrogen-bond donors (Lipinski definition) is 2. The largest absolute Gasteiger partial charge is 0.336 e. The van der Waals surface area contributed by atoms with E-state index in [4.69, 9.17) is 0 Å². The summed E-state index contributed by atoms with van der Waals surface area (Å²) in [4.78, 5) is 26.8. The lowest BCUT2D eigenvalue weighted by Gasteiger charge is -2.30. The van der Waals surface area contributed by atoms with Gasteiger partial charge in [-0.15, -0.1) is 0 Å².